The molecule has 2 rings (SSSR count). The molecule has 1 aromatic carbocycles. The lowest BCUT2D eigenvalue weighted by Gasteiger charge is -2.18. The molecule has 0 amide bonds. The summed E-state index contributed by atoms with van der Waals surface area (Å²) in [6.45, 7) is 7.96. The molecule has 1 unspecified atom stereocenters. The average molecular weight is 174 g/mol. The molecule has 1 nitrogen and oxygen atoms in total. The van der Waals surface area contributed by atoms with Crippen LogP contribution < -0.4 is 4.74 Å². The van der Waals surface area contributed by atoms with E-state index in [1.54, 1.807) is 0 Å². The fourth-order valence-corrected chi connectivity index (χ4v) is 1.73. The SMILES string of the molecule is C=CC1(C)Cc2cc(C)ccc2O1. The summed E-state index contributed by atoms with van der Waals surface area (Å²) in [6.07, 6.45) is 2.82. The summed E-state index contributed by atoms with van der Waals surface area (Å²) in [4.78, 5) is 0. The first-order valence-corrected chi connectivity index (χ1v) is 4.55. The van der Waals surface area contributed by atoms with Gasteiger partial charge in [0.2, 0.25) is 0 Å². The Kier molecular flexibility index (Phi) is 1.69. The number of ether oxygens (including phenoxy) is 1. The minimum atomic E-state index is -0.198. The van der Waals surface area contributed by atoms with Crippen LogP contribution >= 0.6 is 0 Å². The topological polar surface area (TPSA) is 9.23 Å². The fourth-order valence-electron chi connectivity index (χ4n) is 1.73. The van der Waals surface area contributed by atoms with Crippen molar-refractivity contribution in [1.29, 1.82) is 0 Å². The van der Waals surface area contributed by atoms with E-state index in [-0.39, 0.29) is 5.60 Å². The van der Waals surface area contributed by atoms with Crippen molar-refractivity contribution >= 4 is 0 Å². The van der Waals surface area contributed by atoms with E-state index in [4.69, 9.17) is 4.74 Å². The van der Waals surface area contributed by atoms with E-state index < -0.39 is 0 Å². The van der Waals surface area contributed by atoms with Gasteiger partial charge in [0.05, 0.1) is 0 Å². The third kappa shape index (κ3) is 1.35. The molecule has 0 radical (unpaired) electrons. The minimum absolute atomic E-state index is 0.198. The second-order valence-electron chi connectivity index (χ2n) is 3.91. The number of benzene rings is 1. The van der Waals surface area contributed by atoms with Crippen LogP contribution in [0.25, 0.3) is 0 Å². The van der Waals surface area contributed by atoms with Gasteiger partial charge in [-0.2, -0.15) is 0 Å². The van der Waals surface area contributed by atoms with E-state index in [0.29, 0.717) is 0 Å². The molecule has 1 heterocycles. The Morgan fingerprint density at radius 2 is 2.31 bits per heavy atom. The molecule has 1 aromatic rings. The summed E-state index contributed by atoms with van der Waals surface area (Å²) in [5.74, 6) is 1.01. The molecule has 0 aromatic heterocycles. The first-order valence-electron chi connectivity index (χ1n) is 4.55. The van der Waals surface area contributed by atoms with E-state index in [9.17, 15) is 0 Å². The molecule has 0 saturated heterocycles. The minimum Gasteiger partial charge on any atom is -0.483 e. The highest BCUT2D eigenvalue weighted by atomic mass is 16.5. The van der Waals surface area contributed by atoms with E-state index >= 15 is 0 Å². The Bertz CT molecular complexity index is 354. The highest BCUT2D eigenvalue weighted by molar-refractivity contribution is 5.42. The molecule has 1 aliphatic rings. The molecular formula is C12H14O. The van der Waals surface area contributed by atoms with Crippen LogP contribution in [-0.2, 0) is 6.42 Å². The quantitative estimate of drug-likeness (QED) is 0.595. The van der Waals surface area contributed by atoms with Gasteiger partial charge in [-0.05, 0) is 31.6 Å². The van der Waals surface area contributed by atoms with Crippen molar-refractivity contribution in [3.63, 3.8) is 0 Å². The summed E-state index contributed by atoms with van der Waals surface area (Å²) in [5.41, 5.74) is 2.38. The Morgan fingerprint density at radius 1 is 1.54 bits per heavy atom. The van der Waals surface area contributed by atoms with Gasteiger partial charge < -0.3 is 4.74 Å². The highest BCUT2D eigenvalue weighted by Gasteiger charge is 2.31. The summed E-state index contributed by atoms with van der Waals surface area (Å²) >= 11 is 0. The number of hydrogen-bond donors (Lipinski definition) is 0. The van der Waals surface area contributed by atoms with Gasteiger partial charge in [-0.15, -0.1) is 0 Å². The third-order valence-electron chi connectivity index (χ3n) is 2.53. The molecular weight excluding hydrogens is 160 g/mol. The van der Waals surface area contributed by atoms with Gasteiger partial charge >= 0.3 is 0 Å². The number of rotatable bonds is 1. The molecule has 1 aliphatic heterocycles. The van der Waals surface area contributed by atoms with Crippen LogP contribution in [0.15, 0.2) is 30.9 Å². The maximum absolute atomic E-state index is 5.78. The largest absolute Gasteiger partial charge is 0.483 e. The average Bonchev–Trinajstić information content (AvgIpc) is 2.42. The monoisotopic (exact) mass is 174 g/mol. The second-order valence-corrected chi connectivity index (χ2v) is 3.91. The van der Waals surface area contributed by atoms with Crippen LogP contribution in [0.2, 0.25) is 0 Å². The standard InChI is InChI=1S/C12H14O/c1-4-12(3)8-10-7-9(2)5-6-11(10)13-12/h4-7H,1,8H2,2-3H3. The van der Waals surface area contributed by atoms with E-state index in [1.165, 1.54) is 11.1 Å². The Balaban J connectivity index is 2.40. The van der Waals surface area contributed by atoms with E-state index in [0.717, 1.165) is 12.2 Å². The van der Waals surface area contributed by atoms with Crippen molar-refractivity contribution < 1.29 is 4.74 Å². The zero-order chi connectivity index (χ0) is 9.47. The second kappa shape index (κ2) is 2.63. The molecule has 68 valence electrons. The maximum atomic E-state index is 5.78. The van der Waals surface area contributed by atoms with Gasteiger partial charge in [-0.3, -0.25) is 0 Å². The van der Waals surface area contributed by atoms with Crippen molar-refractivity contribution in [3.8, 4) is 5.75 Å². The van der Waals surface area contributed by atoms with Gasteiger partial charge in [-0.25, -0.2) is 0 Å². The summed E-state index contributed by atoms with van der Waals surface area (Å²) < 4.78 is 5.78. The van der Waals surface area contributed by atoms with Crippen LogP contribution in [0.5, 0.6) is 5.75 Å². The molecule has 0 fully saturated rings. The fraction of sp³-hybridized carbons (Fsp3) is 0.333. The Hall–Kier alpha value is -1.24. The van der Waals surface area contributed by atoms with Crippen LogP contribution in [-0.4, -0.2) is 5.60 Å². The first kappa shape index (κ1) is 8.36. The first-order chi connectivity index (χ1) is 6.13. The summed E-state index contributed by atoms with van der Waals surface area (Å²) in [5, 5.41) is 0. The van der Waals surface area contributed by atoms with E-state index in [1.807, 2.05) is 12.1 Å². The zero-order valence-electron chi connectivity index (χ0n) is 8.13. The molecule has 0 saturated carbocycles. The predicted molar refractivity (Wildman–Crippen MR) is 54.1 cm³/mol. The van der Waals surface area contributed by atoms with Crippen LogP contribution in [0.3, 0.4) is 0 Å². The van der Waals surface area contributed by atoms with Gasteiger partial charge in [0, 0.05) is 6.42 Å². The molecule has 0 bridgehead atoms. The molecule has 13 heavy (non-hydrogen) atoms. The van der Waals surface area contributed by atoms with Gasteiger partial charge in [0.1, 0.15) is 11.4 Å². The van der Waals surface area contributed by atoms with Gasteiger partial charge in [-0.1, -0.05) is 24.3 Å². The molecule has 0 aliphatic carbocycles. The van der Waals surface area contributed by atoms with Crippen LogP contribution in [0, 0.1) is 6.92 Å². The van der Waals surface area contributed by atoms with Crippen molar-refractivity contribution in [2.75, 3.05) is 0 Å². The van der Waals surface area contributed by atoms with Crippen molar-refractivity contribution in [2.24, 2.45) is 0 Å². The summed E-state index contributed by atoms with van der Waals surface area (Å²) in [7, 11) is 0. The highest BCUT2D eigenvalue weighted by Crippen LogP contribution is 2.35. The Labute approximate surface area is 79.0 Å². The zero-order valence-corrected chi connectivity index (χ0v) is 8.13. The van der Waals surface area contributed by atoms with Crippen molar-refractivity contribution in [3.05, 3.63) is 42.0 Å². The normalized spacial score (nSPS) is 25.1. The van der Waals surface area contributed by atoms with E-state index in [2.05, 4.69) is 32.6 Å². The molecule has 1 heteroatoms. The number of fused-ring (bicyclic) bond motifs is 1. The number of hydrogen-bond acceptors (Lipinski definition) is 1. The molecule has 0 N–H and O–H groups in total. The lowest BCUT2D eigenvalue weighted by molar-refractivity contribution is 0.171. The number of aryl methyl sites for hydroxylation is 1. The lowest BCUT2D eigenvalue weighted by atomic mass is 9.99. The third-order valence-corrected chi connectivity index (χ3v) is 2.53. The van der Waals surface area contributed by atoms with Gasteiger partial charge in [0.15, 0.2) is 0 Å². The van der Waals surface area contributed by atoms with Crippen molar-refractivity contribution in [1.82, 2.24) is 0 Å². The van der Waals surface area contributed by atoms with Gasteiger partial charge in [0.25, 0.3) is 0 Å². The molecule has 0 spiro atoms. The Morgan fingerprint density at radius 3 is 3.00 bits per heavy atom. The summed E-state index contributed by atoms with van der Waals surface area (Å²) in [6, 6.07) is 6.30. The maximum Gasteiger partial charge on any atom is 0.128 e. The van der Waals surface area contributed by atoms with Crippen LogP contribution in [0.1, 0.15) is 18.1 Å². The predicted octanol–water partition coefficient (Wildman–Crippen LogP) is 2.87. The molecule has 1 atom stereocenters. The van der Waals surface area contributed by atoms with Crippen LogP contribution in [0.4, 0.5) is 0 Å². The lowest BCUT2D eigenvalue weighted by Crippen LogP contribution is -2.26. The smallest absolute Gasteiger partial charge is 0.128 e. The van der Waals surface area contributed by atoms with Crippen molar-refractivity contribution in [2.45, 2.75) is 25.9 Å².